The van der Waals surface area contributed by atoms with Crippen LogP contribution in [0, 0.1) is 0 Å². The van der Waals surface area contributed by atoms with Crippen molar-refractivity contribution in [1.29, 1.82) is 0 Å². The van der Waals surface area contributed by atoms with Gasteiger partial charge in [-0.05, 0) is 67.8 Å². The third-order valence-corrected chi connectivity index (χ3v) is 8.06. The Morgan fingerprint density at radius 3 is 2.64 bits per heavy atom. The van der Waals surface area contributed by atoms with Gasteiger partial charge in [0.15, 0.2) is 16.3 Å². The average Bonchev–Trinajstić information content (AvgIpc) is 3.28. The monoisotopic (exact) mass is 584 g/mol. The smallest absolute Gasteiger partial charge is 0.338 e. The van der Waals surface area contributed by atoms with Crippen molar-refractivity contribution in [1.82, 2.24) is 4.57 Å². The van der Waals surface area contributed by atoms with E-state index < -0.39 is 12.0 Å². The Balaban J connectivity index is 1.81. The first-order chi connectivity index (χ1) is 20.3. The van der Waals surface area contributed by atoms with Gasteiger partial charge in [0.1, 0.15) is 11.8 Å². The van der Waals surface area contributed by atoms with E-state index in [1.54, 1.807) is 49.8 Å². The largest absolute Gasteiger partial charge is 0.504 e. The number of thiazole rings is 1. The third-order valence-electron chi connectivity index (χ3n) is 7.08. The second-order valence-electron chi connectivity index (χ2n) is 9.66. The molecule has 0 saturated carbocycles. The van der Waals surface area contributed by atoms with Gasteiger partial charge in [0.25, 0.3) is 5.56 Å². The van der Waals surface area contributed by atoms with E-state index in [1.165, 1.54) is 11.3 Å². The molecule has 1 atom stereocenters. The molecule has 4 aromatic rings. The zero-order chi connectivity index (χ0) is 30.0. The minimum atomic E-state index is -0.835. The predicted molar refractivity (Wildman–Crippen MR) is 164 cm³/mol. The first-order valence-electron chi connectivity index (χ1n) is 13.7. The van der Waals surface area contributed by atoms with Gasteiger partial charge in [-0.2, -0.15) is 0 Å². The maximum atomic E-state index is 14.2. The maximum Gasteiger partial charge on any atom is 0.338 e. The molecule has 1 aromatic heterocycles. The number of phenolic OH excluding ortho intramolecular Hbond substituents is 1. The van der Waals surface area contributed by atoms with Crippen molar-refractivity contribution in [3.8, 4) is 17.2 Å². The number of carbonyl (C=O) groups is 1. The van der Waals surface area contributed by atoms with Gasteiger partial charge in [-0.3, -0.25) is 9.36 Å². The first kappa shape index (κ1) is 28.9. The lowest BCUT2D eigenvalue weighted by molar-refractivity contribution is -0.139. The van der Waals surface area contributed by atoms with Gasteiger partial charge in [0, 0.05) is 11.1 Å². The summed E-state index contributed by atoms with van der Waals surface area (Å²) in [5.74, 6) is 0.378. The molecule has 2 heterocycles. The SMILES string of the molecule is C=CCc1cc(/C=c2/sc3n(c2=O)[C@@H](c2c(OC)ccc4ccccc24)C(C(=O)OCC)=C(C)N=3)cc(OCC)c1O. The molecule has 42 heavy (non-hydrogen) atoms. The van der Waals surface area contributed by atoms with E-state index in [0.717, 1.165) is 10.8 Å². The number of methoxy groups -OCH3 is 1. The third kappa shape index (κ3) is 5.12. The van der Waals surface area contributed by atoms with Crippen molar-refractivity contribution in [2.45, 2.75) is 33.2 Å². The minimum Gasteiger partial charge on any atom is -0.504 e. The second-order valence-corrected chi connectivity index (χ2v) is 10.7. The molecule has 1 aliphatic rings. The number of allylic oxidation sites excluding steroid dienone is 2. The molecule has 0 bridgehead atoms. The van der Waals surface area contributed by atoms with E-state index in [-0.39, 0.29) is 23.5 Å². The molecule has 9 heteroatoms. The van der Waals surface area contributed by atoms with Crippen LogP contribution in [0.4, 0.5) is 0 Å². The maximum absolute atomic E-state index is 14.2. The fourth-order valence-corrected chi connectivity index (χ4v) is 6.35. The summed E-state index contributed by atoms with van der Waals surface area (Å²) in [7, 11) is 1.57. The molecule has 1 N–H and O–H groups in total. The number of carbonyl (C=O) groups excluding carboxylic acids is 1. The summed E-state index contributed by atoms with van der Waals surface area (Å²) in [6, 6.07) is 14.2. The number of phenols is 1. The molecule has 5 rings (SSSR count). The zero-order valence-electron chi connectivity index (χ0n) is 24.0. The molecule has 0 unspecified atom stereocenters. The standard InChI is InChI=1S/C33H32N2O6S/c1-6-11-22-16-20(17-25(30(22)36)40-7-2)18-26-31(37)35-29(27(32(38)41-8-3)19(4)34-33(35)42-26)28-23-13-10-9-12-21(23)14-15-24(28)39-5/h6,9-10,12-18,29,36H,1,7-8,11H2,2-5H3/b26-18+/t29-/m1/s1. The fraction of sp³-hybridized carbons (Fsp3) is 0.242. The number of aromatic hydroxyl groups is 1. The molecule has 0 saturated heterocycles. The summed E-state index contributed by atoms with van der Waals surface area (Å²) >= 11 is 1.23. The van der Waals surface area contributed by atoms with Gasteiger partial charge in [0.2, 0.25) is 0 Å². The molecular weight excluding hydrogens is 552 g/mol. The molecule has 0 aliphatic carbocycles. The summed E-state index contributed by atoms with van der Waals surface area (Å²) < 4.78 is 18.9. The van der Waals surface area contributed by atoms with Gasteiger partial charge in [0.05, 0.1) is 36.1 Å². The lowest BCUT2D eigenvalue weighted by Crippen LogP contribution is -2.40. The quantitative estimate of drug-likeness (QED) is 0.224. The fourth-order valence-electron chi connectivity index (χ4n) is 5.30. The topological polar surface area (TPSA) is 99.4 Å². The molecular formula is C33H32N2O6S. The van der Waals surface area contributed by atoms with E-state index in [9.17, 15) is 14.7 Å². The molecule has 0 spiro atoms. The van der Waals surface area contributed by atoms with Crippen LogP contribution in [0.25, 0.3) is 16.8 Å². The van der Waals surface area contributed by atoms with Crippen molar-refractivity contribution in [3.63, 3.8) is 0 Å². The van der Waals surface area contributed by atoms with E-state index in [2.05, 4.69) is 6.58 Å². The summed E-state index contributed by atoms with van der Waals surface area (Å²) in [5, 5.41) is 12.4. The van der Waals surface area contributed by atoms with Crippen LogP contribution in [0.5, 0.6) is 17.2 Å². The van der Waals surface area contributed by atoms with Crippen LogP contribution in [0.1, 0.15) is 43.5 Å². The number of aromatic nitrogens is 1. The van der Waals surface area contributed by atoms with Crippen molar-refractivity contribution >= 4 is 34.2 Å². The average molecular weight is 585 g/mol. The number of hydrogen-bond acceptors (Lipinski definition) is 8. The molecule has 8 nitrogen and oxygen atoms in total. The van der Waals surface area contributed by atoms with E-state index >= 15 is 0 Å². The Morgan fingerprint density at radius 1 is 1.14 bits per heavy atom. The lowest BCUT2D eigenvalue weighted by atomic mass is 9.90. The van der Waals surface area contributed by atoms with Crippen molar-refractivity contribution in [2.75, 3.05) is 20.3 Å². The number of esters is 1. The van der Waals surface area contributed by atoms with E-state index in [0.29, 0.717) is 56.2 Å². The number of hydrogen-bond donors (Lipinski definition) is 1. The first-order valence-corrected chi connectivity index (χ1v) is 14.5. The number of benzene rings is 3. The Kier molecular flexibility index (Phi) is 8.31. The Labute approximate surface area is 247 Å². The normalized spacial score (nSPS) is 14.9. The zero-order valence-corrected chi connectivity index (χ0v) is 24.8. The Bertz CT molecular complexity index is 1920. The number of nitrogens with zero attached hydrogens (tertiary/aromatic N) is 2. The highest BCUT2D eigenvalue weighted by atomic mass is 32.1. The molecule has 0 fully saturated rings. The van der Waals surface area contributed by atoms with Crippen LogP contribution in [-0.2, 0) is 16.0 Å². The highest BCUT2D eigenvalue weighted by Gasteiger charge is 2.36. The molecule has 0 amide bonds. The van der Waals surface area contributed by atoms with E-state index in [4.69, 9.17) is 19.2 Å². The lowest BCUT2D eigenvalue weighted by Gasteiger charge is -2.27. The van der Waals surface area contributed by atoms with Crippen molar-refractivity contribution in [2.24, 2.45) is 4.99 Å². The summed E-state index contributed by atoms with van der Waals surface area (Å²) in [4.78, 5) is 32.8. The van der Waals surface area contributed by atoms with E-state index in [1.807, 2.05) is 43.3 Å². The highest BCUT2D eigenvalue weighted by Crippen LogP contribution is 2.40. The van der Waals surface area contributed by atoms with Gasteiger partial charge in [-0.15, -0.1) is 6.58 Å². The number of fused-ring (bicyclic) bond motifs is 2. The summed E-state index contributed by atoms with van der Waals surface area (Å²) in [6.07, 6.45) is 3.87. The predicted octanol–water partition coefficient (Wildman–Crippen LogP) is 4.79. The van der Waals surface area contributed by atoms with Crippen LogP contribution < -0.4 is 24.4 Å². The Hall–Kier alpha value is -4.63. The summed E-state index contributed by atoms with van der Waals surface area (Å²) in [5.41, 5.74) is 2.43. The van der Waals surface area contributed by atoms with Gasteiger partial charge in [-0.25, -0.2) is 9.79 Å². The molecule has 0 radical (unpaired) electrons. The summed E-state index contributed by atoms with van der Waals surface area (Å²) in [6.45, 7) is 9.66. The molecule has 3 aromatic carbocycles. The van der Waals surface area contributed by atoms with Crippen molar-refractivity contribution in [3.05, 3.63) is 109 Å². The van der Waals surface area contributed by atoms with Gasteiger partial charge in [-0.1, -0.05) is 47.7 Å². The second kappa shape index (κ2) is 12.1. The van der Waals surface area contributed by atoms with Crippen LogP contribution in [0.3, 0.4) is 0 Å². The Morgan fingerprint density at radius 2 is 1.93 bits per heavy atom. The minimum absolute atomic E-state index is 0.0492. The molecule has 216 valence electrons. The van der Waals surface area contributed by atoms with Crippen LogP contribution in [-0.4, -0.2) is 36.0 Å². The number of rotatable bonds is 9. The van der Waals surface area contributed by atoms with Crippen LogP contribution in [0.15, 0.2) is 82.2 Å². The highest BCUT2D eigenvalue weighted by molar-refractivity contribution is 7.07. The van der Waals surface area contributed by atoms with Gasteiger partial charge < -0.3 is 19.3 Å². The van der Waals surface area contributed by atoms with Gasteiger partial charge >= 0.3 is 5.97 Å². The molecule has 1 aliphatic heterocycles. The van der Waals surface area contributed by atoms with Crippen LogP contribution >= 0.6 is 11.3 Å². The number of ether oxygens (including phenoxy) is 3. The van der Waals surface area contributed by atoms with Crippen LogP contribution in [0.2, 0.25) is 0 Å². The van der Waals surface area contributed by atoms with Crippen molar-refractivity contribution < 1.29 is 24.1 Å².